The maximum Gasteiger partial charge on any atom is 0.319 e. The molecule has 0 bridgehead atoms. The van der Waals surface area contributed by atoms with Gasteiger partial charge in [0.25, 0.3) is 0 Å². The fraction of sp³-hybridized carbons (Fsp3) is 0.188. The first-order valence-corrected chi connectivity index (χ1v) is 6.63. The molecule has 6 heteroatoms. The molecule has 0 aliphatic carbocycles. The molecule has 0 saturated heterocycles. The minimum atomic E-state index is -0.619. The summed E-state index contributed by atoms with van der Waals surface area (Å²) in [6, 6.07) is 7.43. The molecule has 22 heavy (non-hydrogen) atoms. The number of phenolic OH excluding ortho intramolecular Hbond substituents is 3. The number of rotatable bonds is 2. The number of benzene rings is 2. The zero-order chi connectivity index (χ0) is 15.9. The number of carbonyl (C=O) groups excluding carboxylic acids is 1. The number of ether oxygens (including phenoxy) is 2. The second-order valence-electron chi connectivity index (χ2n) is 5.03. The van der Waals surface area contributed by atoms with Gasteiger partial charge < -0.3 is 24.8 Å². The first-order chi connectivity index (χ1) is 10.5. The number of hydrogen-bond acceptors (Lipinski definition) is 6. The number of methoxy groups -OCH3 is 1. The molecule has 2 aromatic rings. The molecule has 0 spiro atoms. The maximum absolute atomic E-state index is 12.2. The van der Waals surface area contributed by atoms with Gasteiger partial charge in [-0.05, 0) is 18.6 Å². The van der Waals surface area contributed by atoms with E-state index in [2.05, 4.69) is 0 Å². The van der Waals surface area contributed by atoms with Crippen molar-refractivity contribution in [1.29, 1.82) is 0 Å². The maximum atomic E-state index is 12.2. The Balaban J connectivity index is 2.04. The van der Waals surface area contributed by atoms with Crippen LogP contribution in [0.1, 0.15) is 17.0 Å². The SMILES string of the molecule is COc1cc(O)ccc1C1Cc2ccc(O)c(O)c2OC1=O. The first-order valence-electron chi connectivity index (χ1n) is 6.63. The minimum absolute atomic E-state index is 0.0148. The summed E-state index contributed by atoms with van der Waals surface area (Å²) in [7, 11) is 1.45. The Morgan fingerprint density at radius 2 is 1.95 bits per heavy atom. The lowest BCUT2D eigenvalue weighted by molar-refractivity contribution is -0.137. The van der Waals surface area contributed by atoms with Crippen molar-refractivity contribution in [3.63, 3.8) is 0 Å². The average molecular weight is 302 g/mol. The number of aromatic hydroxyl groups is 3. The van der Waals surface area contributed by atoms with Gasteiger partial charge in [0.1, 0.15) is 11.5 Å². The highest BCUT2D eigenvalue weighted by molar-refractivity contribution is 5.85. The first kappa shape index (κ1) is 14.1. The Morgan fingerprint density at radius 3 is 2.68 bits per heavy atom. The van der Waals surface area contributed by atoms with E-state index in [0.29, 0.717) is 23.3 Å². The number of hydrogen-bond donors (Lipinski definition) is 3. The van der Waals surface area contributed by atoms with Gasteiger partial charge in [-0.15, -0.1) is 0 Å². The van der Waals surface area contributed by atoms with Gasteiger partial charge in [0.2, 0.25) is 5.75 Å². The molecule has 0 radical (unpaired) electrons. The molecule has 2 aromatic carbocycles. The van der Waals surface area contributed by atoms with Crippen LogP contribution in [0.25, 0.3) is 0 Å². The van der Waals surface area contributed by atoms with Gasteiger partial charge in [-0.3, -0.25) is 4.79 Å². The van der Waals surface area contributed by atoms with Crippen molar-refractivity contribution in [3.05, 3.63) is 41.5 Å². The van der Waals surface area contributed by atoms with Crippen molar-refractivity contribution in [1.82, 2.24) is 0 Å². The molecular formula is C16H14O6. The van der Waals surface area contributed by atoms with E-state index >= 15 is 0 Å². The second-order valence-corrected chi connectivity index (χ2v) is 5.03. The Labute approximate surface area is 126 Å². The van der Waals surface area contributed by atoms with E-state index in [0.717, 1.165) is 0 Å². The van der Waals surface area contributed by atoms with E-state index in [4.69, 9.17) is 9.47 Å². The lowest BCUT2D eigenvalue weighted by atomic mass is 9.89. The number of carbonyl (C=O) groups is 1. The summed E-state index contributed by atoms with van der Waals surface area (Å²) in [6.45, 7) is 0. The molecule has 3 N–H and O–H groups in total. The lowest BCUT2D eigenvalue weighted by Crippen LogP contribution is -2.26. The summed E-state index contributed by atoms with van der Waals surface area (Å²) in [5.41, 5.74) is 1.19. The zero-order valence-electron chi connectivity index (χ0n) is 11.7. The Hall–Kier alpha value is -2.89. The van der Waals surface area contributed by atoms with Gasteiger partial charge in [-0.25, -0.2) is 0 Å². The molecule has 0 amide bonds. The number of phenols is 3. The monoisotopic (exact) mass is 302 g/mol. The van der Waals surface area contributed by atoms with E-state index < -0.39 is 17.6 Å². The van der Waals surface area contributed by atoms with Gasteiger partial charge >= 0.3 is 5.97 Å². The van der Waals surface area contributed by atoms with Gasteiger partial charge in [-0.2, -0.15) is 0 Å². The largest absolute Gasteiger partial charge is 0.508 e. The highest BCUT2D eigenvalue weighted by Crippen LogP contribution is 2.45. The summed E-state index contributed by atoms with van der Waals surface area (Å²) < 4.78 is 10.4. The van der Waals surface area contributed by atoms with Gasteiger partial charge in [-0.1, -0.05) is 12.1 Å². The van der Waals surface area contributed by atoms with Crippen molar-refractivity contribution < 1.29 is 29.6 Å². The molecule has 1 aliphatic heterocycles. The van der Waals surface area contributed by atoms with Gasteiger partial charge in [0.15, 0.2) is 11.5 Å². The van der Waals surface area contributed by atoms with Gasteiger partial charge in [0, 0.05) is 17.2 Å². The van der Waals surface area contributed by atoms with Crippen LogP contribution < -0.4 is 9.47 Å². The molecule has 3 rings (SSSR count). The second kappa shape index (κ2) is 5.14. The third kappa shape index (κ3) is 2.18. The molecule has 6 nitrogen and oxygen atoms in total. The predicted molar refractivity (Wildman–Crippen MR) is 76.5 cm³/mol. The predicted octanol–water partition coefficient (Wildman–Crippen LogP) is 2.06. The van der Waals surface area contributed by atoms with E-state index in [1.54, 1.807) is 12.1 Å². The molecule has 1 unspecified atom stereocenters. The van der Waals surface area contributed by atoms with E-state index in [-0.39, 0.29) is 17.2 Å². The van der Waals surface area contributed by atoms with Crippen molar-refractivity contribution in [2.75, 3.05) is 7.11 Å². The van der Waals surface area contributed by atoms with Crippen molar-refractivity contribution in [2.45, 2.75) is 12.3 Å². The highest BCUT2D eigenvalue weighted by atomic mass is 16.5. The van der Waals surface area contributed by atoms with Crippen LogP contribution in [0, 0.1) is 0 Å². The van der Waals surface area contributed by atoms with Crippen LogP contribution in [0.15, 0.2) is 30.3 Å². The van der Waals surface area contributed by atoms with E-state index in [1.165, 1.54) is 25.3 Å². The van der Waals surface area contributed by atoms with Crippen LogP contribution in [0.3, 0.4) is 0 Å². The standard InChI is InChI=1S/C16H14O6/c1-21-13-7-9(17)3-4-10(13)11-6-8-2-5-12(18)14(19)15(8)22-16(11)20/h2-5,7,11,17-19H,6H2,1H3. The summed E-state index contributed by atoms with van der Waals surface area (Å²) in [6.07, 6.45) is 0.295. The molecule has 1 atom stereocenters. The topological polar surface area (TPSA) is 96.2 Å². The lowest BCUT2D eigenvalue weighted by Gasteiger charge is -2.25. The molecular weight excluding hydrogens is 288 g/mol. The molecule has 0 fully saturated rings. The molecule has 0 saturated carbocycles. The number of fused-ring (bicyclic) bond motifs is 1. The summed E-state index contributed by atoms with van der Waals surface area (Å²) in [5, 5.41) is 28.7. The minimum Gasteiger partial charge on any atom is -0.508 e. The Bertz CT molecular complexity index is 753. The van der Waals surface area contributed by atoms with Crippen LogP contribution in [0.5, 0.6) is 28.7 Å². The van der Waals surface area contributed by atoms with Crippen LogP contribution in [0.2, 0.25) is 0 Å². The van der Waals surface area contributed by atoms with E-state index in [1.807, 2.05) is 0 Å². The fourth-order valence-electron chi connectivity index (χ4n) is 2.58. The van der Waals surface area contributed by atoms with Crippen LogP contribution in [-0.2, 0) is 11.2 Å². The van der Waals surface area contributed by atoms with Gasteiger partial charge in [0.05, 0.1) is 13.0 Å². The van der Waals surface area contributed by atoms with Crippen LogP contribution >= 0.6 is 0 Å². The van der Waals surface area contributed by atoms with Crippen molar-refractivity contribution in [2.24, 2.45) is 0 Å². The normalized spacial score (nSPS) is 16.8. The van der Waals surface area contributed by atoms with E-state index in [9.17, 15) is 20.1 Å². The van der Waals surface area contributed by atoms with Crippen molar-refractivity contribution >= 4 is 5.97 Å². The quantitative estimate of drug-likeness (QED) is 0.446. The van der Waals surface area contributed by atoms with Crippen molar-refractivity contribution in [3.8, 4) is 28.7 Å². The molecule has 1 aliphatic rings. The van der Waals surface area contributed by atoms with Crippen LogP contribution in [-0.4, -0.2) is 28.4 Å². The Kier molecular flexibility index (Phi) is 3.29. The molecule has 114 valence electrons. The zero-order valence-corrected chi connectivity index (χ0v) is 11.7. The third-order valence-electron chi connectivity index (χ3n) is 3.70. The Morgan fingerprint density at radius 1 is 1.18 bits per heavy atom. The smallest absolute Gasteiger partial charge is 0.319 e. The molecule has 1 heterocycles. The summed E-state index contributed by atoms with van der Waals surface area (Å²) in [4.78, 5) is 12.2. The van der Waals surface area contributed by atoms with Crippen LogP contribution in [0.4, 0.5) is 0 Å². The third-order valence-corrected chi connectivity index (χ3v) is 3.70. The summed E-state index contributed by atoms with van der Waals surface area (Å²) in [5.74, 6) is -1.56. The highest BCUT2D eigenvalue weighted by Gasteiger charge is 2.34. The number of esters is 1. The summed E-state index contributed by atoms with van der Waals surface area (Å²) >= 11 is 0. The average Bonchev–Trinajstić information content (AvgIpc) is 2.51. The molecule has 0 aromatic heterocycles. The fourth-order valence-corrected chi connectivity index (χ4v) is 2.58.